The number of amides is 1. The van der Waals surface area contributed by atoms with E-state index in [1.54, 1.807) is 15.9 Å². The lowest BCUT2D eigenvalue weighted by Crippen LogP contribution is -2.40. The van der Waals surface area contributed by atoms with Crippen molar-refractivity contribution in [2.75, 3.05) is 13.1 Å². The number of hydrogen-bond donors (Lipinski definition) is 0. The SMILES string of the molecule is O=C(c1ncc(F)cc1F)N1CCC(Cn2cncn2)CC1. The van der Waals surface area contributed by atoms with Crippen LogP contribution in [-0.4, -0.2) is 43.6 Å². The van der Waals surface area contributed by atoms with Gasteiger partial charge in [0, 0.05) is 25.7 Å². The second-order valence-corrected chi connectivity index (χ2v) is 5.34. The van der Waals surface area contributed by atoms with E-state index in [0.29, 0.717) is 25.1 Å². The van der Waals surface area contributed by atoms with E-state index in [9.17, 15) is 13.6 Å². The quantitative estimate of drug-likeness (QED) is 0.862. The largest absolute Gasteiger partial charge is 0.337 e. The van der Waals surface area contributed by atoms with Crippen LogP contribution in [-0.2, 0) is 6.54 Å². The number of hydrogen-bond acceptors (Lipinski definition) is 4. The average molecular weight is 307 g/mol. The van der Waals surface area contributed by atoms with Crippen LogP contribution in [0, 0.1) is 17.6 Å². The van der Waals surface area contributed by atoms with Crippen LogP contribution in [0.5, 0.6) is 0 Å². The zero-order valence-electron chi connectivity index (χ0n) is 11.8. The predicted molar refractivity (Wildman–Crippen MR) is 72.8 cm³/mol. The molecule has 0 spiro atoms. The molecule has 0 bridgehead atoms. The van der Waals surface area contributed by atoms with Gasteiger partial charge < -0.3 is 4.90 Å². The van der Waals surface area contributed by atoms with Crippen molar-refractivity contribution in [3.05, 3.63) is 42.2 Å². The molecule has 0 N–H and O–H groups in total. The Morgan fingerprint density at radius 3 is 2.73 bits per heavy atom. The molecule has 1 amide bonds. The summed E-state index contributed by atoms with van der Waals surface area (Å²) in [5.41, 5.74) is -0.323. The highest BCUT2D eigenvalue weighted by Crippen LogP contribution is 2.20. The molecule has 0 radical (unpaired) electrons. The van der Waals surface area contributed by atoms with Gasteiger partial charge in [0.15, 0.2) is 11.5 Å². The summed E-state index contributed by atoms with van der Waals surface area (Å²) in [4.78, 5) is 21.2. The maximum absolute atomic E-state index is 13.6. The van der Waals surface area contributed by atoms with Crippen molar-refractivity contribution in [3.63, 3.8) is 0 Å². The summed E-state index contributed by atoms with van der Waals surface area (Å²) >= 11 is 0. The Hall–Kier alpha value is -2.38. The molecule has 0 unspecified atom stereocenters. The lowest BCUT2D eigenvalue weighted by molar-refractivity contribution is 0.0670. The first-order valence-corrected chi connectivity index (χ1v) is 7.06. The first-order chi connectivity index (χ1) is 10.6. The Bertz CT molecular complexity index is 653. The van der Waals surface area contributed by atoms with Crippen molar-refractivity contribution in [1.29, 1.82) is 0 Å². The fourth-order valence-electron chi connectivity index (χ4n) is 2.63. The molecular formula is C14H15F2N5O. The Balaban J connectivity index is 1.60. The van der Waals surface area contributed by atoms with Gasteiger partial charge in [-0.05, 0) is 18.8 Å². The number of nitrogens with zero attached hydrogens (tertiary/aromatic N) is 5. The van der Waals surface area contributed by atoms with Gasteiger partial charge >= 0.3 is 0 Å². The van der Waals surface area contributed by atoms with Crippen LogP contribution in [0.4, 0.5) is 8.78 Å². The third kappa shape index (κ3) is 3.10. The molecule has 3 heterocycles. The van der Waals surface area contributed by atoms with Crippen molar-refractivity contribution in [2.24, 2.45) is 5.92 Å². The van der Waals surface area contributed by atoms with E-state index in [0.717, 1.165) is 25.6 Å². The zero-order chi connectivity index (χ0) is 15.5. The fourth-order valence-corrected chi connectivity index (χ4v) is 2.63. The number of piperidine rings is 1. The molecule has 6 nitrogen and oxygen atoms in total. The number of rotatable bonds is 3. The average Bonchev–Trinajstić information content (AvgIpc) is 3.00. The minimum Gasteiger partial charge on any atom is -0.337 e. The number of carbonyl (C=O) groups is 1. The monoisotopic (exact) mass is 307 g/mol. The van der Waals surface area contributed by atoms with Crippen LogP contribution < -0.4 is 0 Å². The smallest absolute Gasteiger partial charge is 0.275 e. The summed E-state index contributed by atoms with van der Waals surface area (Å²) in [5.74, 6) is -1.80. The summed E-state index contributed by atoms with van der Waals surface area (Å²) < 4.78 is 28.2. The van der Waals surface area contributed by atoms with Gasteiger partial charge in [0.25, 0.3) is 5.91 Å². The van der Waals surface area contributed by atoms with Crippen molar-refractivity contribution >= 4 is 5.91 Å². The third-order valence-corrected chi connectivity index (χ3v) is 3.82. The van der Waals surface area contributed by atoms with E-state index in [2.05, 4.69) is 15.1 Å². The molecule has 22 heavy (non-hydrogen) atoms. The molecular weight excluding hydrogens is 292 g/mol. The van der Waals surface area contributed by atoms with Crippen molar-refractivity contribution in [1.82, 2.24) is 24.6 Å². The van der Waals surface area contributed by atoms with E-state index in [4.69, 9.17) is 0 Å². The summed E-state index contributed by atoms with van der Waals surface area (Å²) in [5, 5.41) is 4.06. The molecule has 1 fully saturated rings. The van der Waals surface area contributed by atoms with Crippen LogP contribution in [0.15, 0.2) is 24.9 Å². The van der Waals surface area contributed by atoms with E-state index in [1.165, 1.54) is 6.33 Å². The predicted octanol–water partition coefficient (Wildman–Crippen LogP) is 1.50. The Kier molecular flexibility index (Phi) is 4.08. The van der Waals surface area contributed by atoms with Gasteiger partial charge in [0.05, 0.1) is 6.20 Å². The molecule has 1 aliphatic heterocycles. The van der Waals surface area contributed by atoms with E-state index in [1.807, 2.05) is 0 Å². The van der Waals surface area contributed by atoms with Crippen LogP contribution in [0.3, 0.4) is 0 Å². The van der Waals surface area contributed by atoms with Crippen LogP contribution in [0.2, 0.25) is 0 Å². The molecule has 8 heteroatoms. The van der Waals surface area contributed by atoms with E-state index >= 15 is 0 Å². The van der Waals surface area contributed by atoms with Gasteiger partial charge in [0.1, 0.15) is 18.5 Å². The molecule has 2 aromatic rings. The number of pyridine rings is 1. The molecule has 1 saturated heterocycles. The Morgan fingerprint density at radius 2 is 2.09 bits per heavy atom. The third-order valence-electron chi connectivity index (χ3n) is 3.82. The number of aromatic nitrogens is 4. The van der Waals surface area contributed by atoms with Crippen molar-refractivity contribution in [3.8, 4) is 0 Å². The lowest BCUT2D eigenvalue weighted by Gasteiger charge is -2.31. The summed E-state index contributed by atoms with van der Waals surface area (Å²) in [6, 6.07) is 0.678. The summed E-state index contributed by atoms with van der Waals surface area (Å²) in [7, 11) is 0. The standard InChI is InChI=1S/C14H15F2N5O/c15-11-5-12(16)13(18-6-11)14(22)20-3-1-10(2-4-20)7-21-9-17-8-19-21/h5-6,8-10H,1-4,7H2. The minimum atomic E-state index is -0.922. The zero-order valence-corrected chi connectivity index (χ0v) is 11.8. The van der Waals surface area contributed by atoms with Gasteiger partial charge in [0.2, 0.25) is 0 Å². The molecule has 0 atom stereocenters. The number of halogens is 2. The van der Waals surface area contributed by atoms with E-state index < -0.39 is 17.5 Å². The summed E-state index contributed by atoms with van der Waals surface area (Å²) in [6.07, 6.45) is 5.60. The second kappa shape index (κ2) is 6.17. The maximum Gasteiger partial charge on any atom is 0.275 e. The fraction of sp³-hybridized carbons (Fsp3) is 0.429. The minimum absolute atomic E-state index is 0.323. The van der Waals surface area contributed by atoms with Gasteiger partial charge in [-0.1, -0.05) is 0 Å². The highest BCUT2D eigenvalue weighted by atomic mass is 19.1. The van der Waals surface area contributed by atoms with Gasteiger partial charge in [-0.2, -0.15) is 5.10 Å². The topological polar surface area (TPSA) is 63.9 Å². The van der Waals surface area contributed by atoms with Crippen LogP contribution >= 0.6 is 0 Å². The molecule has 3 rings (SSSR count). The molecule has 2 aromatic heterocycles. The lowest BCUT2D eigenvalue weighted by atomic mass is 9.96. The van der Waals surface area contributed by atoms with E-state index in [-0.39, 0.29) is 5.69 Å². The first-order valence-electron chi connectivity index (χ1n) is 7.06. The molecule has 1 aliphatic rings. The number of carbonyl (C=O) groups excluding carboxylic acids is 1. The molecule has 0 saturated carbocycles. The van der Waals surface area contributed by atoms with Crippen LogP contribution in [0.25, 0.3) is 0 Å². The molecule has 0 aliphatic carbocycles. The Morgan fingerprint density at radius 1 is 1.32 bits per heavy atom. The van der Waals surface area contributed by atoms with Gasteiger partial charge in [-0.3, -0.25) is 9.48 Å². The van der Waals surface area contributed by atoms with Crippen molar-refractivity contribution < 1.29 is 13.6 Å². The molecule has 116 valence electrons. The van der Waals surface area contributed by atoms with Gasteiger partial charge in [-0.15, -0.1) is 0 Å². The second-order valence-electron chi connectivity index (χ2n) is 5.34. The first kappa shape index (κ1) is 14.6. The highest BCUT2D eigenvalue weighted by Gasteiger charge is 2.26. The maximum atomic E-state index is 13.6. The molecule has 0 aromatic carbocycles. The van der Waals surface area contributed by atoms with Crippen molar-refractivity contribution in [2.45, 2.75) is 19.4 Å². The Labute approximate surface area is 125 Å². The normalized spacial score (nSPS) is 16.0. The summed E-state index contributed by atoms with van der Waals surface area (Å²) in [6.45, 7) is 1.80. The number of likely N-dealkylation sites (tertiary alicyclic amines) is 1. The van der Waals surface area contributed by atoms with Gasteiger partial charge in [-0.25, -0.2) is 18.7 Å². The highest BCUT2D eigenvalue weighted by molar-refractivity contribution is 5.92. The van der Waals surface area contributed by atoms with Crippen LogP contribution in [0.1, 0.15) is 23.3 Å².